The molecule has 24 heavy (non-hydrogen) atoms. The molecule has 1 aliphatic carbocycles. The molecule has 4 heteroatoms. The third-order valence-electron chi connectivity index (χ3n) is 6.04. The Morgan fingerprint density at radius 3 is 2.71 bits per heavy atom. The molecule has 2 atom stereocenters. The summed E-state index contributed by atoms with van der Waals surface area (Å²) in [5.41, 5.74) is 3.82. The highest BCUT2D eigenvalue weighted by Crippen LogP contribution is 2.44. The number of ether oxygens (including phenoxy) is 1. The van der Waals surface area contributed by atoms with Crippen molar-refractivity contribution in [3.05, 3.63) is 35.5 Å². The number of methoxy groups -OCH3 is 1. The zero-order valence-corrected chi connectivity index (χ0v) is 14.5. The largest absolute Gasteiger partial charge is 0.468 e. The second kappa shape index (κ2) is 6.25. The van der Waals surface area contributed by atoms with Crippen LogP contribution in [0.15, 0.2) is 24.3 Å². The lowest BCUT2D eigenvalue weighted by molar-refractivity contribution is -0.148. The van der Waals surface area contributed by atoms with Gasteiger partial charge in [0, 0.05) is 23.0 Å². The molecule has 1 N–H and O–H groups in total. The van der Waals surface area contributed by atoms with Gasteiger partial charge in [-0.1, -0.05) is 37.5 Å². The van der Waals surface area contributed by atoms with Crippen molar-refractivity contribution in [3.8, 4) is 0 Å². The van der Waals surface area contributed by atoms with E-state index in [-0.39, 0.29) is 18.1 Å². The number of hydrogen-bond acceptors (Lipinski definition) is 3. The first kappa shape index (κ1) is 15.7. The van der Waals surface area contributed by atoms with Crippen LogP contribution in [0, 0.1) is 5.92 Å². The first-order valence-corrected chi connectivity index (χ1v) is 9.10. The number of carbonyl (C=O) groups excluding carboxylic acids is 1. The number of para-hydroxylation sites is 1. The van der Waals surface area contributed by atoms with Crippen LogP contribution in [0.1, 0.15) is 49.4 Å². The van der Waals surface area contributed by atoms with Crippen molar-refractivity contribution < 1.29 is 9.53 Å². The SMILES string of the molecule is COC(=O)[C@@H]1Cc2c([nH]c3ccccc23)[C@@H](C2CCCCC2)N1C. The van der Waals surface area contributed by atoms with E-state index in [9.17, 15) is 4.79 Å². The lowest BCUT2D eigenvalue weighted by atomic mass is 9.78. The predicted molar refractivity (Wildman–Crippen MR) is 94.9 cm³/mol. The molecule has 2 heterocycles. The molecule has 0 radical (unpaired) electrons. The summed E-state index contributed by atoms with van der Waals surface area (Å²) in [5, 5.41) is 1.26. The van der Waals surface area contributed by atoms with E-state index in [2.05, 4.69) is 41.2 Å². The summed E-state index contributed by atoms with van der Waals surface area (Å²) in [5.74, 6) is 0.497. The van der Waals surface area contributed by atoms with E-state index in [1.807, 2.05) is 0 Å². The number of hydrogen-bond donors (Lipinski definition) is 1. The van der Waals surface area contributed by atoms with Gasteiger partial charge in [-0.3, -0.25) is 9.69 Å². The van der Waals surface area contributed by atoms with Crippen molar-refractivity contribution in [1.29, 1.82) is 0 Å². The minimum Gasteiger partial charge on any atom is -0.468 e. The van der Waals surface area contributed by atoms with Crippen molar-refractivity contribution in [1.82, 2.24) is 9.88 Å². The highest BCUT2D eigenvalue weighted by molar-refractivity contribution is 5.87. The van der Waals surface area contributed by atoms with Crippen molar-refractivity contribution in [2.24, 2.45) is 5.92 Å². The van der Waals surface area contributed by atoms with Crippen LogP contribution in [-0.4, -0.2) is 36.1 Å². The maximum atomic E-state index is 12.4. The fourth-order valence-corrected chi connectivity index (χ4v) is 4.83. The van der Waals surface area contributed by atoms with E-state index < -0.39 is 0 Å². The summed E-state index contributed by atoms with van der Waals surface area (Å²) >= 11 is 0. The second-order valence-corrected chi connectivity index (χ2v) is 7.31. The van der Waals surface area contributed by atoms with Crippen molar-refractivity contribution >= 4 is 16.9 Å². The van der Waals surface area contributed by atoms with Crippen molar-refractivity contribution in [2.45, 2.75) is 50.6 Å². The van der Waals surface area contributed by atoms with Crippen LogP contribution in [0.3, 0.4) is 0 Å². The van der Waals surface area contributed by atoms with Gasteiger partial charge in [0.05, 0.1) is 13.2 Å². The van der Waals surface area contributed by atoms with E-state index in [1.54, 1.807) is 0 Å². The summed E-state index contributed by atoms with van der Waals surface area (Å²) in [6, 6.07) is 8.55. The predicted octanol–water partition coefficient (Wildman–Crippen LogP) is 3.82. The number of nitrogens with zero attached hydrogens (tertiary/aromatic N) is 1. The smallest absolute Gasteiger partial charge is 0.323 e. The number of aromatic nitrogens is 1. The molecule has 1 aromatic carbocycles. The molecule has 0 amide bonds. The quantitative estimate of drug-likeness (QED) is 0.853. The fraction of sp³-hybridized carbons (Fsp3) is 0.550. The van der Waals surface area contributed by atoms with E-state index >= 15 is 0 Å². The minimum absolute atomic E-state index is 0.116. The summed E-state index contributed by atoms with van der Waals surface area (Å²) in [4.78, 5) is 18.3. The van der Waals surface area contributed by atoms with Crippen molar-refractivity contribution in [2.75, 3.05) is 14.2 Å². The van der Waals surface area contributed by atoms with Gasteiger partial charge in [0.1, 0.15) is 6.04 Å². The lowest BCUT2D eigenvalue weighted by Crippen LogP contribution is -2.48. The molecule has 2 aliphatic rings. The topological polar surface area (TPSA) is 45.3 Å². The monoisotopic (exact) mass is 326 g/mol. The molecule has 0 unspecified atom stereocenters. The second-order valence-electron chi connectivity index (χ2n) is 7.31. The number of benzene rings is 1. The van der Waals surface area contributed by atoms with Gasteiger partial charge in [-0.25, -0.2) is 0 Å². The van der Waals surface area contributed by atoms with E-state index in [1.165, 1.54) is 61.4 Å². The molecule has 1 aromatic heterocycles. The molecule has 1 aliphatic heterocycles. The molecule has 1 saturated carbocycles. The standard InChI is InChI=1S/C20H26N2O2/c1-22-17(20(23)24-2)12-15-14-10-6-7-11-16(14)21-18(15)19(22)13-8-4-3-5-9-13/h6-7,10-11,13,17,19,21H,3-5,8-9,12H2,1-2H3/t17-,19+/m0/s1. The third kappa shape index (κ3) is 2.44. The summed E-state index contributed by atoms with van der Waals surface area (Å²) in [6.07, 6.45) is 7.16. The number of esters is 1. The Labute approximate surface area is 143 Å². The van der Waals surface area contributed by atoms with Gasteiger partial charge >= 0.3 is 5.97 Å². The van der Waals surface area contributed by atoms with E-state index in [0.717, 1.165) is 6.42 Å². The van der Waals surface area contributed by atoms with Gasteiger partial charge in [-0.15, -0.1) is 0 Å². The Hall–Kier alpha value is -1.81. The molecule has 0 saturated heterocycles. The number of nitrogens with one attached hydrogen (secondary N) is 1. The van der Waals surface area contributed by atoms with Crippen LogP contribution in [0.2, 0.25) is 0 Å². The van der Waals surface area contributed by atoms with Gasteiger partial charge < -0.3 is 9.72 Å². The van der Waals surface area contributed by atoms with Gasteiger partial charge in [-0.05, 0) is 37.4 Å². The zero-order chi connectivity index (χ0) is 16.7. The van der Waals surface area contributed by atoms with Crippen LogP contribution in [0.25, 0.3) is 10.9 Å². The average molecular weight is 326 g/mol. The average Bonchev–Trinajstić information content (AvgIpc) is 2.99. The Balaban J connectivity index is 1.83. The summed E-state index contributed by atoms with van der Waals surface area (Å²) in [7, 11) is 3.59. The third-order valence-corrected chi connectivity index (χ3v) is 6.04. The lowest BCUT2D eigenvalue weighted by Gasteiger charge is -2.43. The van der Waals surface area contributed by atoms with Gasteiger partial charge in [0.25, 0.3) is 0 Å². The minimum atomic E-state index is -0.186. The highest BCUT2D eigenvalue weighted by atomic mass is 16.5. The molecule has 4 rings (SSSR count). The molecular weight excluding hydrogens is 300 g/mol. The van der Waals surface area contributed by atoms with E-state index in [0.29, 0.717) is 5.92 Å². The first-order chi connectivity index (χ1) is 11.7. The number of aromatic amines is 1. The van der Waals surface area contributed by atoms with Crippen molar-refractivity contribution in [3.63, 3.8) is 0 Å². The van der Waals surface area contributed by atoms with E-state index in [4.69, 9.17) is 4.74 Å². The molecule has 128 valence electrons. The van der Waals surface area contributed by atoms with Gasteiger partial charge in [0.2, 0.25) is 0 Å². The molecule has 4 nitrogen and oxygen atoms in total. The van der Waals surface area contributed by atoms with Crippen LogP contribution in [0.4, 0.5) is 0 Å². The Bertz CT molecular complexity index is 745. The number of likely N-dealkylation sites (N-methyl/N-ethyl adjacent to an activating group) is 1. The van der Waals surface area contributed by atoms with Crippen LogP contribution in [0.5, 0.6) is 0 Å². The number of fused-ring (bicyclic) bond motifs is 3. The van der Waals surface area contributed by atoms with Gasteiger partial charge in [-0.2, -0.15) is 0 Å². The molecule has 2 aromatic rings. The number of rotatable bonds is 2. The Morgan fingerprint density at radius 1 is 1.21 bits per heavy atom. The molecular formula is C20H26N2O2. The zero-order valence-electron chi connectivity index (χ0n) is 14.5. The van der Waals surface area contributed by atoms with Crippen LogP contribution >= 0.6 is 0 Å². The van der Waals surface area contributed by atoms with Crippen LogP contribution < -0.4 is 0 Å². The number of H-pyrrole nitrogens is 1. The maximum Gasteiger partial charge on any atom is 0.323 e. The van der Waals surface area contributed by atoms with Gasteiger partial charge in [0.15, 0.2) is 0 Å². The molecule has 0 spiro atoms. The summed E-state index contributed by atoms with van der Waals surface area (Å²) in [6.45, 7) is 0. The molecule has 0 bridgehead atoms. The normalized spacial score (nSPS) is 25.6. The Kier molecular flexibility index (Phi) is 4.09. The van der Waals surface area contributed by atoms with Crippen LogP contribution in [-0.2, 0) is 16.0 Å². The summed E-state index contributed by atoms with van der Waals surface area (Å²) < 4.78 is 5.11. The first-order valence-electron chi connectivity index (χ1n) is 9.10. The maximum absolute atomic E-state index is 12.4. The highest BCUT2D eigenvalue weighted by Gasteiger charge is 2.42. The number of carbonyl (C=O) groups is 1. The Morgan fingerprint density at radius 2 is 1.96 bits per heavy atom. The fourth-order valence-electron chi connectivity index (χ4n) is 4.83. The molecule has 1 fully saturated rings.